The lowest BCUT2D eigenvalue weighted by atomic mass is 10.3. The molecule has 0 bridgehead atoms. The summed E-state index contributed by atoms with van der Waals surface area (Å²) in [5.41, 5.74) is 0.829. The monoisotopic (exact) mass is 342 g/mol. The molecule has 0 amide bonds. The van der Waals surface area contributed by atoms with Crippen LogP contribution in [-0.2, 0) is 0 Å². The molecule has 3 aromatic heterocycles. The molecule has 0 aromatic carbocycles. The van der Waals surface area contributed by atoms with Gasteiger partial charge in [0.25, 0.3) is 0 Å². The van der Waals surface area contributed by atoms with Crippen LogP contribution in [0.2, 0.25) is 0 Å². The quantitative estimate of drug-likeness (QED) is 0.714. The Morgan fingerprint density at radius 2 is 1.88 bits per heavy atom. The molecule has 2 aliphatic rings. The highest BCUT2D eigenvalue weighted by Gasteiger charge is 2.29. The van der Waals surface area contributed by atoms with Crippen LogP contribution in [0, 0.1) is 6.92 Å². The van der Waals surface area contributed by atoms with Crippen molar-refractivity contribution in [1.29, 1.82) is 0 Å². The van der Waals surface area contributed by atoms with Crippen LogP contribution in [-0.4, -0.2) is 55.1 Å². The summed E-state index contributed by atoms with van der Waals surface area (Å²) in [5, 5.41) is 9.49. The van der Waals surface area contributed by atoms with Crippen molar-refractivity contribution in [3.63, 3.8) is 0 Å². The Kier molecular flexibility index (Phi) is 3.15. The van der Waals surface area contributed by atoms with E-state index in [1.54, 1.807) is 0 Å². The van der Waals surface area contributed by atoms with E-state index in [0.717, 1.165) is 54.4 Å². The number of anilines is 2. The largest absolute Gasteiger partial charge is 0.350 e. The van der Waals surface area contributed by atoms with Crippen molar-refractivity contribution in [3.8, 4) is 0 Å². The fourth-order valence-corrected chi connectivity index (χ4v) is 3.92. The van der Waals surface area contributed by atoms with E-state index in [2.05, 4.69) is 29.4 Å². The van der Waals surface area contributed by atoms with Gasteiger partial charge in [-0.15, -0.1) is 10.2 Å². The molecule has 5 rings (SSSR count). The highest BCUT2D eigenvalue weighted by atomic mass is 32.1. The maximum atomic E-state index is 4.72. The molecule has 0 N–H and O–H groups in total. The third-order valence-corrected chi connectivity index (χ3v) is 5.49. The van der Waals surface area contributed by atoms with E-state index in [0.29, 0.717) is 5.92 Å². The molecule has 24 heavy (non-hydrogen) atoms. The summed E-state index contributed by atoms with van der Waals surface area (Å²) in [5.74, 6) is 3.46. The number of rotatable bonds is 3. The van der Waals surface area contributed by atoms with Gasteiger partial charge in [0.1, 0.15) is 11.6 Å². The van der Waals surface area contributed by atoms with Gasteiger partial charge in [0.15, 0.2) is 5.82 Å². The van der Waals surface area contributed by atoms with Crippen molar-refractivity contribution < 1.29 is 0 Å². The van der Waals surface area contributed by atoms with Gasteiger partial charge in [-0.3, -0.25) is 4.40 Å². The average Bonchev–Trinajstić information content (AvgIpc) is 3.24. The number of hydrogen-bond acceptors (Lipinski definition) is 8. The van der Waals surface area contributed by atoms with E-state index in [1.165, 1.54) is 24.4 Å². The minimum absolute atomic E-state index is 0.620. The number of aromatic nitrogens is 6. The number of fused-ring (bicyclic) bond motifs is 1. The van der Waals surface area contributed by atoms with Crippen molar-refractivity contribution in [2.24, 2.45) is 0 Å². The lowest BCUT2D eigenvalue weighted by Gasteiger charge is -2.34. The summed E-state index contributed by atoms with van der Waals surface area (Å²) in [6, 6.07) is 0. The first-order valence-electron chi connectivity index (χ1n) is 8.29. The van der Waals surface area contributed by atoms with Crippen LogP contribution in [0.4, 0.5) is 10.9 Å². The van der Waals surface area contributed by atoms with Gasteiger partial charge in [-0.1, -0.05) is 0 Å². The standard InChI is InChI=1S/C15H18N8S/c1-10-18-19-14-13(16-4-5-23(10)14)21-6-8-22(9-7-21)15-17-12(20-24-15)11-2-3-11/h4-5,11H,2-3,6-9H2,1H3. The summed E-state index contributed by atoms with van der Waals surface area (Å²) in [7, 11) is 0. The molecule has 1 aliphatic carbocycles. The van der Waals surface area contributed by atoms with E-state index in [4.69, 9.17) is 4.98 Å². The van der Waals surface area contributed by atoms with Crippen LogP contribution in [0.15, 0.2) is 12.4 Å². The van der Waals surface area contributed by atoms with Gasteiger partial charge < -0.3 is 9.80 Å². The van der Waals surface area contributed by atoms with Crippen LogP contribution in [0.1, 0.15) is 30.4 Å². The second-order valence-electron chi connectivity index (χ2n) is 6.38. The summed E-state index contributed by atoms with van der Waals surface area (Å²) in [6.07, 6.45) is 6.22. The highest BCUT2D eigenvalue weighted by molar-refractivity contribution is 7.09. The van der Waals surface area contributed by atoms with Crippen LogP contribution < -0.4 is 9.80 Å². The zero-order valence-electron chi connectivity index (χ0n) is 13.5. The molecule has 0 atom stereocenters. The lowest BCUT2D eigenvalue weighted by molar-refractivity contribution is 0.645. The topological polar surface area (TPSA) is 75.3 Å². The minimum Gasteiger partial charge on any atom is -0.350 e. The van der Waals surface area contributed by atoms with Gasteiger partial charge in [0, 0.05) is 56.0 Å². The van der Waals surface area contributed by atoms with Crippen LogP contribution >= 0.6 is 11.5 Å². The predicted octanol–water partition coefficient (Wildman–Crippen LogP) is 1.49. The van der Waals surface area contributed by atoms with E-state index in [9.17, 15) is 0 Å². The summed E-state index contributed by atoms with van der Waals surface area (Å²) in [6.45, 7) is 5.60. The first-order valence-corrected chi connectivity index (χ1v) is 9.07. The Morgan fingerprint density at radius 3 is 2.67 bits per heavy atom. The zero-order valence-corrected chi connectivity index (χ0v) is 14.3. The van der Waals surface area contributed by atoms with Crippen LogP contribution in [0.5, 0.6) is 0 Å². The normalized spacial score (nSPS) is 18.5. The maximum Gasteiger partial charge on any atom is 0.205 e. The molecule has 3 aromatic rings. The zero-order chi connectivity index (χ0) is 16.1. The van der Waals surface area contributed by atoms with Gasteiger partial charge in [-0.25, -0.2) is 9.97 Å². The number of aryl methyl sites for hydroxylation is 1. The SMILES string of the molecule is Cc1nnc2c(N3CCN(c4nc(C5CC5)ns4)CC3)nccn12. The Hall–Kier alpha value is -2.29. The highest BCUT2D eigenvalue weighted by Crippen LogP contribution is 2.39. The predicted molar refractivity (Wildman–Crippen MR) is 91.8 cm³/mol. The van der Waals surface area contributed by atoms with Crippen LogP contribution in [0.3, 0.4) is 0 Å². The maximum absolute atomic E-state index is 4.72. The van der Waals surface area contributed by atoms with Crippen molar-refractivity contribution in [2.75, 3.05) is 36.0 Å². The Labute approximate surface area is 143 Å². The van der Waals surface area contributed by atoms with Crippen molar-refractivity contribution in [1.82, 2.24) is 28.9 Å². The van der Waals surface area contributed by atoms with Crippen molar-refractivity contribution in [3.05, 3.63) is 24.0 Å². The number of nitrogens with zero attached hydrogens (tertiary/aromatic N) is 8. The molecule has 0 radical (unpaired) electrons. The van der Waals surface area contributed by atoms with Gasteiger partial charge >= 0.3 is 0 Å². The third kappa shape index (κ3) is 2.31. The first-order chi connectivity index (χ1) is 11.8. The summed E-state index contributed by atoms with van der Waals surface area (Å²) < 4.78 is 6.50. The van der Waals surface area contributed by atoms with Gasteiger partial charge in [-0.2, -0.15) is 4.37 Å². The Balaban J connectivity index is 1.33. The molecule has 2 fully saturated rings. The Bertz CT molecular complexity index is 875. The lowest BCUT2D eigenvalue weighted by Crippen LogP contribution is -2.47. The van der Waals surface area contributed by atoms with Crippen LogP contribution in [0.25, 0.3) is 5.65 Å². The fourth-order valence-electron chi connectivity index (χ4n) is 3.12. The van der Waals surface area contributed by atoms with Crippen molar-refractivity contribution >= 4 is 28.1 Å². The molecule has 4 heterocycles. The molecule has 0 spiro atoms. The van der Waals surface area contributed by atoms with E-state index >= 15 is 0 Å². The first kappa shape index (κ1) is 14.1. The molecule has 1 saturated carbocycles. The fraction of sp³-hybridized carbons (Fsp3) is 0.533. The van der Waals surface area contributed by atoms with Crippen molar-refractivity contribution in [2.45, 2.75) is 25.7 Å². The molecule has 0 unspecified atom stereocenters. The van der Waals surface area contributed by atoms with E-state index < -0.39 is 0 Å². The molecular weight excluding hydrogens is 324 g/mol. The van der Waals surface area contributed by atoms with Gasteiger partial charge in [-0.05, 0) is 19.8 Å². The van der Waals surface area contributed by atoms with Gasteiger partial charge in [0.2, 0.25) is 10.8 Å². The molecule has 9 heteroatoms. The molecule has 1 aliphatic heterocycles. The third-order valence-electron chi connectivity index (χ3n) is 4.70. The molecular formula is C15H18N8S. The second kappa shape index (κ2) is 5.37. The molecule has 124 valence electrons. The van der Waals surface area contributed by atoms with E-state index in [-0.39, 0.29) is 0 Å². The molecule has 8 nitrogen and oxygen atoms in total. The smallest absolute Gasteiger partial charge is 0.205 e. The number of piperazine rings is 1. The minimum atomic E-state index is 0.620. The number of hydrogen-bond donors (Lipinski definition) is 0. The summed E-state index contributed by atoms with van der Waals surface area (Å²) >= 11 is 1.53. The summed E-state index contributed by atoms with van der Waals surface area (Å²) in [4.78, 5) is 13.9. The average molecular weight is 342 g/mol. The molecule has 1 saturated heterocycles. The van der Waals surface area contributed by atoms with Gasteiger partial charge in [0.05, 0.1) is 0 Å². The van der Waals surface area contributed by atoms with E-state index in [1.807, 2.05) is 23.7 Å². The second-order valence-corrected chi connectivity index (χ2v) is 7.11. The Morgan fingerprint density at radius 1 is 1.08 bits per heavy atom.